The molecule has 8 nitrogen and oxygen atoms in total. The summed E-state index contributed by atoms with van der Waals surface area (Å²) in [4.78, 5) is 9.68. The molecule has 0 radical (unpaired) electrons. The molecule has 2 unspecified atom stereocenters. The number of nitro groups is 1. The fourth-order valence-electron chi connectivity index (χ4n) is 1.60. The van der Waals surface area contributed by atoms with Crippen molar-refractivity contribution in [2.45, 2.75) is 24.3 Å². The number of hydrogen-bond acceptors (Lipinski definition) is 6. The van der Waals surface area contributed by atoms with Crippen LogP contribution in [-0.4, -0.2) is 35.6 Å². The Bertz CT molecular complexity index is 660. The Balaban J connectivity index is 2.99. The van der Waals surface area contributed by atoms with Crippen molar-refractivity contribution < 1.29 is 17.6 Å². The van der Waals surface area contributed by atoms with E-state index in [-0.39, 0.29) is 16.3 Å². The highest BCUT2D eigenvalue weighted by molar-refractivity contribution is 7.89. The number of nitro benzene ring substituents is 1. The molecule has 0 aliphatic rings. The molecule has 0 aliphatic heterocycles. The maximum absolute atomic E-state index is 12.2. The number of rotatable bonds is 7. The number of anilines is 1. The average molecular weight is 335 g/mol. The number of nitrogen functional groups attached to an aromatic ring is 1. The molecular formula is C11H17N3O5S2. The van der Waals surface area contributed by atoms with E-state index >= 15 is 0 Å². The second-order valence-corrected chi connectivity index (χ2v) is 7.80. The second kappa shape index (κ2) is 6.96. The van der Waals surface area contributed by atoms with E-state index in [4.69, 9.17) is 5.73 Å². The van der Waals surface area contributed by atoms with Gasteiger partial charge in [-0.3, -0.25) is 14.3 Å². The van der Waals surface area contributed by atoms with E-state index in [0.717, 1.165) is 12.1 Å². The summed E-state index contributed by atoms with van der Waals surface area (Å²) in [5, 5.41) is 10.7. The molecule has 0 aromatic heterocycles. The third-order valence-electron chi connectivity index (χ3n) is 2.69. The number of hydrogen-bond donors (Lipinski definition) is 2. The molecule has 3 N–H and O–H groups in total. The van der Waals surface area contributed by atoms with Gasteiger partial charge in [0.15, 0.2) is 0 Å². The summed E-state index contributed by atoms with van der Waals surface area (Å²) < 4.78 is 37.8. The van der Waals surface area contributed by atoms with Gasteiger partial charge >= 0.3 is 0 Å². The van der Waals surface area contributed by atoms with Gasteiger partial charge in [-0.1, -0.05) is 0 Å². The number of nitrogens with zero attached hydrogens (tertiary/aromatic N) is 1. The number of sulfonamides is 1. The van der Waals surface area contributed by atoms with Crippen LogP contribution in [0.2, 0.25) is 0 Å². The number of non-ortho nitro benzene ring substituents is 1. The highest BCUT2D eigenvalue weighted by Crippen LogP contribution is 2.24. The minimum Gasteiger partial charge on any atom is -0.398 e. The monoisotopic (exact) mass is 335 g/mol. The summed E-state index contributed by atoms with van der Waals surface area (Å²) in [6.07, 6.45) is 1.91. The molecule has 0 saturated heterocycles. The molecule has 2 atom stereocenters. The highest BCUT2D eigenvalue weighted by Gasteiger charge is 2.23. The minimum absolute atomic E-state index is 0.0700. The summed E-state index contributed by atoms with van der Waals surface area (Å²) in [7, 11) is -4.99. The molecule has 0 amide bonds. The van der Waals surface area contributed by atoms with Gasteiger partial charge in [-0.25, -0.2) is 13.1 Å². The van der Waals surface area contributed by atoms with Crippen LogP contribution in [0.25, 0.3) is 0 Å². The first kappa shape index (κ1) is 17.5. The first-order chi connectivity index (χ1) is 9.63. The Morgan fingerprint density at radius 1 is 1.48 bits per heavy atom. The highest BCUT2D eigenvalue weighted by atomic mass is 32.2. The van der Waals surface area contributed by atoms with Crippen LogP contribution in [0.5, 0.6) is 0 Å². The van der Waals surface area contributed by atoms with E-state index in [9.17, 15) is 22.7 Å². The van der Waals surface area contributed by atoms with Gasteiger partial charge in [-0.05, 0) is 19.4 Å². The predicted molar refractivity (Wildman–Crippen MR) is 80.8 cm³/mol. The number of nitrogens with one attached hydrogen (secondary N) is 1. The van der Waals surface area contributed by atoms with Gasteiger partial charge in [-0.2, -0.15) is 0 Å². The van der Waals surface area contributed by atoms with Crippen LogP contribution in [-0.2, 0) is 20.8 Å². The zero-order chi connectivity index (χ0) is 16.2. The number of benzene rings is 1. The molecule has 0 heterocycles. The van der Waals surface area contributed by atoms with Crippen molar-refractivity contribution >= 4 is 32.2 Å². The molecule has 0 fully saturated rings. The lowest BCUT2D eigenvalue weighted by molar-refractivity contribution is -0.385. The average Bonchev–Trinajstić information content (AvgIpc) is 2.35. The molecule has 21 heavy (non-hydrogen) atoms. The molecule has 0 saturated carbocycles. The van der Waals surface area contributed by atoms with E-state index in [1.54, 1.807) is 6.92 Å². The summed E-state index contributed by atoms with van der Waals surface area (Å²) >= 11 is 0. The summed E-state index contributed by atoms with van der Waals surface area (Å²) in [5.41, 5.74) is 5.16. The Hall–Kier alpha value is -1.52. The molecule has 1 aromatic carbocycles. The molecule has 10 heteroatoms. The lowest BCUT2D eigenvalue weighted by Gasteiger charge is -2.14. The van der Waals surface area contributed by atoms with Gasteiger partial charge in [-0.15, -0.1) is 0 Å². The van der Waals surface area contributed by atoms with Crippen molar-refractivity contribution in [3.8, 4) is 0 Å². The summed E-state index contributed by atoms with van der Waals surface area (Å²) in [5.74, 6) is 0.355. The molecule has 0 aliphatic carbocycles. The SMILES string of the molecule is CC(CCS(C)=O)NS(=O)(=O)c1cc([N+](=O)[O-])ccc1N. The molecule has 118 valence electrons. The van der Waals surface area contributed by atoms with E-state index in [0.29, 0.717) is 12.2 Å². The Labute approximate surface area is 125 Å². The van der Waals surface area contributed by atoms with Gasteiger partial charge in [0, 0.05) is 41.0 Å². The van der Waals surface area contributed by atoms with Crippen LogP contribution < -0.4 is 10.5 Å². The predicted octanol–water partition coefficient (Wildman–Crippen LogP) is 0.612. The van der Waals surface area contributed by atoms with Gasteiger partial charge in [0.05, 0.1) is 10.6 Å². The molecule has 0 bridgehead atoms. The Morgan fingerprint density at radius 3 is 2.62 bits per heavy atom. The zero-order valence-electron chi connectivity index (χ0n) is 11.6. The van der Waals surface area contributed by atoms with Crippen LogP contribution in [0.1, 0.15) is 13.3 Å². The van der Waals surface area contributed by atoms with Crippen molar-refractivity contribution in [1.29, 1.82) is 0 Å². The first-order valence-corrected chi connectivity index (χ1v) is 9.21. The van der Waals surface area contributed by atoms with Crippen LogP contribution in [0.3, 0.4) is 0 Å². The van der Waals surface area contributed by atoms with Crippen LogP contribution in [0.15, 0.2) is 23.1 Å². The number of nitrogens with two attached hydrogens (primary N) is 1. The van der Waals surface area contributed by atoms with Gasteiger partial charge < -0.3 is 5.73 Å². The van der Waals surface area contributed by atoms with Crippen molar-refractivity contribution in [1.82, 2.24) is 4.72 Å². The van der Waals surface area contributed by atoms with Crippen LogP contribution in [0.4, 0.5) is 11.4 Å². The van der Waals surface area contributed by atoms with Crippen molar-refractivity contribution in [3.05, 3.63) is 28.3 Å². The van der Waals surface area contributed by atoms with Crippen LogP contribution in [0, 0.1) is 10.1 Å². The van der Waals surface area contributed by atoms with Gasteiger partial charge in [0.25, 0.3) is 5.69 Å². The van der Waals surface area contributed by atoms with Crippen molar-refractivity contribution in [3.63, 3.8) is 0 Å². The lowest BCUT2D eigenvalue weighted by Crippen LogP contribution is -2.34. The zero-order valence-corrected chi connectivity index (χ0v) is 13.2. The quantitative estimate of drug-likeness (QED) is 0.426. The lowest BCUT2D eigenvalue weighted by atomic mass is 10.3. The molecule has 0 spiro atoms. The Morgan fingerprint density at radius 2 is 2.10 bits per heavy atom. The smallest absolute Gasteiger partial charge is 0.270 e. The maximum Gasteiger partial charge on any atom is 0.270 e. The summed E-state index contributed by atoms with van der Waals surface area (Å²) in [6.45, 7) is 1.62. The van der Waals surface area contributed by atoms with Gasteiger partial charge in [0.2, 0.25) is 10.0 Å². The normalized spacial score (nSPS) is 14.6. The minimum atomic E-state index is -3.97. The fraction of sp³-hybridized carbons (Fsp3) is 0.455. The maximum atomic E-state index is 12.2. The van der Waals surface area contributed by atoms with E-state index in [1.165, 1.54) is 12.3 Å². The third-order valence-corrected chi connectivity index (χ3v) is 5.15. The van der Waals surface area contributed by atoms with Crippen LogP contribution >= 0.6 is 0 Å². The fourth-order valence-corrected chi connectivity index (χ4v) is 3.71. The summed E-state index contributed by atoms with van der Waals surface area (Å²) in [6, 6.07) is 2.77. The second-order valence-electron chi connectivity index (χ2n) is 4.57. The van der Waals surface area contributed by atoms with Gasteiger partial charge in [0.1, 0.15) is 4.90 Å². The largest absolute Gasteiger partial charge is 0.398 e. The Kier molecular flexibility index (Phi) is 5.81. The molecular weight excluding hydrogens is 318 g/mol. The third kappa shape index (κ3) is 5.06. The van der Waals surface area contributed by atoms with E-state index in [2.05, 4.69) is 4.72 Å². The first-order valence-electron chi connectivity index (χ1n) is 5.99. The van der Waals surface area contributed by atoms with E-state index in [1.807, 2.05) is 0 Å². The topological polar surface area (TPSA) is 132 Å². The van der Waals surface area contributed by atoms with Crippen molar-refractivity contribution in [2.24, 2.45) is 0 Å². The standard InChI is InChI=1S/C11H17N3O5S2/c1-8(5-6-20(2)17)13-21(18,19)11-7-9(14(15)16)3-4-10(11)12/h3-4,7-8,13H,5-6,12H2,1-2H3. The molecule has 1 aromatic rings. The van der Waals surface area contributed by atoms with Crippen molar-refractivity contribution in [2.75, 3.05) is 17.7 Å². The van der Waals surface area contributed by atoms with E-state index < -0.39 is 31.8 Å². The molecule has 1 rings (SSSR count).